The second-order valence-corrected chi connectivity index (χ2v) is 9.44. The molecule has 0 heteroatoms. The van der Waals surface area contributed by atoms with Crippen molar-refractivity contribution in [3.05, 3.63) is 108 Å². The lowest BCUT2D eigenvalue weighted by molar-refractivity contribution is 0.667. The van der Waals surface area contributed by atoms with Gasteiger partial charge < -0.3 is 0 Å². The Kier molecular flexibility index (Phi) is 5.85. The number of benzene rings is 6. The zero-order chi connectivity index (χ0) is 24.7. The van der Waals surface area contributed by atoms with Crippen LogP contribution in [0.2, 0.25) is 0 Å². The van der Waals surface area contributed by atoms with E-state index >= 15 is 0 Å². The summed E-state index contributed by atoms with van der Waals surface area (Å²) < 4.78 is 0. The summed E-state index contributed by atoms with van der Waals surface area (Å²) in [4.78, 5) is 0. The van der Waals surface area contributed by atoms with Gasteiger partial charge in [0.25, 0.3) is 0 Å². The van der Waals surface area contributed by atoms with E-state index in [-0.39, 0.29) is 5.41 Å². The maximum Gasteiger partial charge on any atom is 0.0165 e. The summed E-state index contributed by atoms with van der Waals surface area (Å²) in [6, 6.07) is 36.2. The smallest absolute Gasteiger partial charge is 0.0165 e. The van der Waals surface area contributed by atoms with E-state index in [9.17, 15) is 0 Å². The molecule has 0 spiro atoms. The molecule has 0 N–H and O–H groups in total. The summed E-state index contributed by atoms with van der Waals surface area (Å²) in [5.41, 5.74) is 5.64. The maximum absolute atomic E-state index is 2.44. The summed E-state index contributed by atoms with van der Waals surface area (Å²) in [5.74, 6) is 0. The van der Waals surface area contributed by atoms with Gasteiger partial charge in [-0.25, -0.2) is 0 Å². The van der Waals surface area contributed by atoms with Gasteiger partial charge in [-0.1, -0.05) is 114 Å². The van der Waals surface area contributed by atoms with Crippen molar-refractivity contribution >= 4 is 43.1 Å². The molecular formula is C35H34. The van der Waals surface area contributed by atoms with Gasteiger partial charge in [0.15, 0.2) is 0 Å². The zero-order valence-electron chi connectivity index (χ0n) is 21.7. The van der Waals surface area contributed by atoms with Crippen molar-refractivity contribution in [3.63, 3.8) is 0 Å². The Morgan fingerprint density at radius 3 is 1.74 bits per heavy atom. The minimum Gasteiger partial charge on any atom is -0.0683 e. The second kappa shape index (κ2) is 8.86. The molecule has 0 radical (unpaired) electrons. The first-order valence-corrected chi connectivity index (χ1v) is 13.0. The lowest BCUT2D eigenvalue weighted by Gasteiger charge is -2.24. The van der Waals surface area contributed by atoms with Crippen LogP contribution in [-0.2, 0) is 5.41 Å². The highest BCUT2D eigenvalue weighted by Crippen LogP contribution is 2.53. The minimum absolute atomic E-state index is 0.0352. The summed E-state index contributed by atoms with van der Waals surface area (Å²) in [7, 11) is 0. The predicted octanol–water partition coefficient (Wildman–Crippen LogP) is 10.7. The van der Waals surface area contributed by atoms with Crippen molar-refractivity contribution in [2.75, 3.05) is 0 Å². The van der Waals surface area contributed by atoms with E-state index in [1.165, 1.54) is 65.3 Å². The van der Waals surface area contributed by atoms with Gasteiger partial charge in [0, 0.05) is 5.41 Å². The number of hydrogen-bond acceptors (Lipinski definition) is 0. The molecular weight excluding hydrogens is 420 g/mol. The SMILES string of the molecule is CC.CC.CC1(C)c2cc3ccc4ccccc4c3cc2-c2ccc3cc4ccccc4cc3c21. The molecule has 174 valence electrons. The van der Waals surface area contributed by atoms with Crippen molar-refractivity contribution in [1.29, 1.82) is 0 Å². The van der Waals surface area contributed by atoms with Crippen molar-refractivity contribution in [3.8, 4) is 11.1 Å². The van der Waals surface area contributed by atoms with Gasteiger partial charge in [0.1, 0.15) is 0 Å². The average molecular weight is 455 g/mol. The molecule has 0 unspecified atom stereocenters. The Labute approximate surface area is 209 Å². The van der Waals surface area contributed by atoms with Crippen molar-refractivity contribution in [1.82, 2.24) is 0 Å². The number of fused-ring (bicyclic) bond motifs is 9. The molecule has 0 atom stereocenters. The molecule has 0 saturated heterocycles. The third kappa shape index (κ3) is 3.43. The normalized spacial score (nSPS) is 13.1. The molecule has 0 aliphatic heterocycles. The van der Waals surface area contributed by atoms with Crippen LogP contribution in [0.3, 0.4) is 0 Å². The van der Waals surface area contributed by atoms with Crippen LogP contribution in [0.1, 0.15) is 52.7 Å². The van der Waals surface area contributed by atoms with Gasteiger partial charge >= 0.3 is 0 Å². The molecule has 0 nitrogen and oxygen atoms in total. The number of rotatable bonds is 0. The van der Waals surface area contributed by atoms with Gasteiger partial charge in [-0.2, -0.15) is 0 Å². The third-order valence-electron chi connectivity index (χ3n) is 7.36. The van der Waals surface area contributed by atoms with E-state index in [2.05, 4.69) is 111 Å². The first kappa shape index (κ1) is 23.1. The van der Waals surface area contributed by atoms with Crippen LogP contribution in [0.4, 0.5) is 0 Å². The van der Waals surface area contributed by atoms with Crippen LogP contribution in [0.5, 0.6) is 0 Å². The monoisotopic (exact) mass is 454 g/mol. The summed E-state index contributed by atoms with van der Waals surface area (Å²) >= 11 is 0. The molecule has 0 bridgehead atoms. The highest BCUT2D eigenvalue weighted by atomic mass is 14.4. The van der Waals surface area contributed by atoms with Crippen LogP contribution in [0, 0.1) is 0 Å². The van der Waals surface area contributed by atoms with E-state index in [0.717, 1.165) is 0 Å². The largest absolute Gasteiger partial charge is 0.0683 e. The molecule has 7 rings (SSSR count). The van der Waals surface area contributed by atoms with Gasteiger partial charge in [0.2, 0.25) is 0 Å². The third-order valence-corrected chi connectivity index (χ3v) is 7.36. The van der Waals surface area contributed by atoms with E-state index < -0.39 is 0 Å². The summed E-state index contributed by atoms with van der Waals surface area (Å²) in [5, 5.41) is 10.6. The fourth-order valence-corrected chi connectivity index (χ4v) is 5.84. The molecule has 1 aliphatic carbocycles. The van der Waals surface area contributed by atoms with Crippen LogP contribution >= 0.6 is 0 Å². The summed E-state index contributed by atoms with van der Waals surface area (Å²) in [6.07, 6.45) is 0. The van der Waals surface area contributed by atoms with Crippen molar-refractivity contribution in [2.45, 2.75) is 47.0 Å². The van der Waals surface area contributed by atoms with Gasteiger partial charge in [0.05, 0.1) is 0 Å². The Morgan fingerprint density at radius 2 is 1.00 bits per heavy atom. The zero-order valence-corrected chi connectivity index (χ0v) is 21.7. The van der Waals surface area contributed by atoms with Gasteiger partial charge in [-0.15, -0.1) is 0 Å². The molecule has 0 fully saturated rings. The van der Waals surface area contributed by atoms with E-state index in [1.54, 1.807) is 0 Å². The van der Waals surface area contributed by atoms with Crippen LogP contribution < -0.4 is 0 Å². The van der Waals surface area contributed by atoms with Gasteiger partial charge in [-0.3, -0.25) is 0 Å². The Balaban J connectivity index is 0.000000605. The van der Waals surface area contributed by atoms with Crippen LogP contribution in [-0.4, -0.2) is 0 Å². The average Bonchev–Trinajstić information content (AvgIpc) is 3.14. The standard InChI is InChI=1S/C31H22.2C2H6/c1-31(2)29-17-23-12-11-19-7-5-6-10-24(19)26(23)18-28(29)25-14-13-22-15-20-8-3-4-9-21(20)16-27(22)30(25)31;2*1-2/h3-18H,1-2H3;2*1-2H3. The highest BCUT2D eigenvalue weighted by Gasteiger charge is 2.37. The highest BCUT2D eigenvalue weighted by molar-refractivity contribution is 6.11. The molecule has 0 amide bonds. The first-order valence-electron chi connectivity index (χ1n) is 13.0. The van der Waals surface area contributed by atoms with E-state index in [0.29, 0.717) is 0 Å². The van der Waals surface area contributed by atoms with Gasteiger partial charge in [-0.05, 0) is 89.6 Å². The van der Waals surface area contributed by atoms with E-state index in [4.69, 9.17) is 0 Å². The van der Waals surface area contributed by atoms with E-state index in [1.807, 2.05) is 27.7 Å². The molecule has 6 aromatic rings. The maximum atomic E-state index is 2.44. The van der Waals surface area contributed by atoms with Crippen LogP contribution in [0.25, 0.3) is 54.2 Å². The Morgan fingerprint density at radius 1 is 0.429 bits per heavy atom. The fraction of sp³-hybridized carbons (Fsp3) is 0.200. The molecule has 35 heavy (non-hydrogen) atoms. The Bertz CT molecular complexity index is 1700. The van der Waals surface area contributed by atoms with Crippen molar-refractivity contribution < 1.29 is 0 Å². The molecule has 6 aromatic carbocycles. The second-order valence-electron chi connectivity index (χ2n) is 9.44. The minimum atomic E-state index is -0.0352. The summed E-state index contributed by atoms with van der Waals surface area (Å²) in [6.45, 7) is 12.8. The topological polar surface area (TPSA) is 0 Å². The van der Waals surface area contributed by atoms with Crippen molar-refractivity contribution in [2.24, 2.45) is 0 Å². The van der Waals surface area contributed by atoms with Crippen LogP contribution in [0.15, 0.2) is 97.1 Å². The molecule has 0 aromatic heterocycles. The lowest BCUT2D eigenvalue weighted by atomic mass is 9.79. The molecule has 1 aliphatic rings. The lowest BCUT2D eigenvalue weighted by Crippen LogP contribution is -2.15. The Hall–Kier alpha value is -3.64. The number of hydrogen-bond donors (Lipinski definition) is 0. The fourth-order valence-electron chi connectivity index (χ4n) is 5.84. The predicted molar refractivity (Wildman–Crippen MR) is 157 cm³/mol. The molecule has 0 saturated carbocycles. The first-order chi connectivity index (χ1) is 17.1. The molecule has 0 heterocycles. The quantitative estimate of drug-likeness (QED) is 0.158.